The molecule has 150 valence electrons. The third-order valence-corrected chi connectivity index (χ3v) is 7.22. The molecular formula is C20H32N4O3. The Morgan fingerprint density at radius 3 is 2.26 bits per heavy atom. The Kier molecular flexibility index (Phi) is 5.03. The zero-order valence-electron chi connectivity index (χ0n) is 16.0. The lowest BCUT2D eigenvalue weighted by Gasteiger charge is -2.56. The van der Waals surface area contributed by atoms with Gasteiger partial charge in [0.1, 0.15) is 0 Å². The van der Waals surface area contributed by atoms with Crippen LogP contribution in [0.3, 0.4) is 0 Å². The van der Waals surface area contributed by atoms with Crippen LogP contribution in [0.25, 0.3) is 0 Å². The van der Waals surface area contributed by atoms with Crippen molar-refractivity contribution in [1.29, 1.82) is 0 Å². The molecule has 0 radical (unpaired) electrons. The van der Waals surface area contributed by atoms with Crippen LogP contribution in [0.2, 0.25) is 0 Å². The second-order valence-corrected chi connectivity index (χ2v) is 9.41. The van der Waals surface area contributed by atoms with Crippen molar-refractivity contribution in [3.63, 3.8) is 0 Å². The van der Waals surface area contributed by atoms with E-state index in [2.05, 4.69) is 10.6 Å². The predicted octanol–water partition coefficient (Wildman–Crippen LogP) is 1.37. The molecule has 0 aromatic carbocycles. The van der Waals surface area contributed by atoms with Gasteiger partial charge in [0.2, 0.25) is 11.8 Å². The Bertz CT molecular complexity index is 585. The van der Waals surface area contributed by atoms with Crippen LogP contribution in [0.5, 0.6) is 0 Å². The fraction of sp³-hybridized carbons (Fsp3) is 0.850. The van der Waals surface area contributed by atoms with E-state index in [1.54, 1.807) is 4.90 Å². The Hall–Kier alpha value is -1.79. The van der Waals surface area contributed by atoms with Gasteiger partial charge in [0.25, 0.3) is 0 Å². The molecule has 7 nitrogen and oxygen atoms in total. The largest absolute Gasteiger partial charge is 0.369 e. The number of nitrogens with zero attached hydrogens (tertiary/aromatic N) is 1. The van der Waals surface area contributed by atoms with Crippen LogP contribution < -0.4 is 16.4 Å². The topological polar surface area (TPSA) is 105 Å². The summed E-state index contributed by atoms with van der Waals surface area (Å²) in [5.74, 6) is 1.77. The quantitative estimate of drug-likeness (QED) is 0.675. The van der Waals surface area contributed by atoms with Crippen molar-refractivity contribution in [1.82, 2.24) is 15.5 Å². The Labute approximate surface area is 160 Å². The van der Waals surface area contributed by atoms with Crippen LogP contribution in [0.4, 0.5) is 4.79 Å². The van der Waals surface area contributed by atoms with Crippen molar-refractivity contribution in [3.8, 4) is 0 Å². The highest BCUT2D eigenvalue weighted by atomic mass is 16.2. The molecule has 0 aromatic heterocycles. The van der Waals surface area contributed by atoms with Crippen LogP contribution in [0, 0.1) is 23.7 Å². The van der Waals surface area contributed by atoms with E-state index in [0.29, 0.717) is 19.6 Å². The molecule has 4 N–H and O–H groups in total. The number of likely N-dealkylation sites (tertiary alicyclic amines) is 1. The minimum Gasteiger partial charge on any atom is -0.369 e. The summed E-state index contributed by atoms with van der Waals surface area (Å²) in [5, 5.41) is 6.14. The number of piperidine rings is 1. The molecule has 7 heteroatoms. The van der Waals surface area contributed by atoms with E-state index in [0.717, 1.165) is 49.9 Å². The smallest absolute Gasteiger partial charge is 0.315 e. The van der Waals surface area contributed by atoms with E-state index >= 15 is 0 Å². The first kappa shape index (κ1) is 18.6. The van der Waals surface area contributed by atoms with Crippen LogP contribution in [0.15, 0.2) is 0 Å². The lowest BCUT2D eigenvalue weighted by molar-refractivity contribution is -0.134. The Morgan fingerprint density at radius 2 is 1.67 bits per heavy atom. The highest BCUT2D eigenvalue weighted by Gasteiger charge is 2.51. The lowest BCUT2D eigenvalue weighted by Crippen LogP contribution is -2.61. The molecule has 1 unspecified atom stereocenters. The summed E-state index contributed by atoms with van der Waals surface area (Å²) in [4.78, 5) is 37.8. The van der Waals surface area contributed by atoms with Gasteiger partial charge in [-0.05, 0) is 69.1 Å². The van der Waals surface area contributed by atoms with E-state index < -0.39 is 0 Å². The highest BCUT2D eigenvalue weighted by molar-refractivity contribution is 5.81. The van der Waals surface area contributed by atoms with Crippen LogP contribution in [0.1, 0.15) is 57.8 Å². The van der Waals surface area contributed by atoms with Crippen LogP contribution >= 0.6 is 0 Å². The lowest BCUT2D eigenvalue weighted by atomic mass is 9.53. The van der Waals surface area contributed by atoms with Gasteiger partial charge in [-0.25, -0.2) is 4.79 Å². The molecule has 0 spiro atoms. The van der Waals surface area contributed by atoms with Gasteiger partial charge < -0.3 is 21.3 Å². The molecule has 1 saturated heterocycles. The van der Waals surface area contributed by atoms with Crippen molar-refractivity contribution < 1.29 is 14.4 Å². The number of nitrogens with one attached hydrogen (secondary N) is 2. The fourth-order valence-corrected chi connectivity index (χ4v) is 6.43. The van der Waals surface area contributed by atoms with Crippen molar-refractivity contribution in [2.75, 3.05) is 19.6 Å². The average Bonchev–Trinajstić information content (AvgIpc) is 2.60. The van der Waals surface area contributed by atoms with Gasteiger partial charge in [-0.3, -0.25) is 9.59 Å². The molecular weight excluding hydrogens is 344 g/mol. The number of primary amides is 1. The van der Waals surface area contributed by atoms with Gasteiger partial charge in [0, 0.05) is 31.6 Å². The average molecular weight is 377 g/mol. The Balaban J connectivity index is 1.21. The maximum atomic E-state index is 12.4. The van der Waals surface area contributed by atoms with Crippen molar-refractivity contribution >= 4 is 17.8 Å². The molecule has 4 aliphatic carbocycles. The first-order chi connectivity index (χ1) is 12.9. The van der Waals surface area contributed by atoms with Crippen LogP contribution in [-0.4, -0.2) is 47.9 Å². The number of hydrogen-bond donors (Lipinski definition) is 3. The molecule has 5 rings (SSSR count). The highest BCUT2D eigenvalue weighted by Crippen LogP contribution is 2.55. The standard InChI is InChI=1S/C20H32N4O3/c21-18(26)16-2-1-5-24(12-16)17(25)3-4-22-19(27)23-20-9-13-6-14(10-20)8-15(7-13)11-20/h13-16H,1-12H2,(H2,21,26)(H2,22,23,27). The number of nitrogens with two attached hydrogens (primary N) is 1. The normalized spacial score (nSPS) is 37.1. The summed E-state index contributed by atoms with van der Waals surface area (Å²) >= 11 is 0. The summed E-state index contributed by atoms with van der Waals surface area (Å²) in [6.07, 6.45) is 9.22. The van der Waals surface area contributed by atoms with E-state index in [-0.39, 0.29) is 35.7 Å². The predicted molar refractivity (Wildman–Crippen MR) is 101 cm³/mol. The number of carbonyl (C=O) groups excluding carboxylic acids is 3. The minimum atomic E-state index is -0.333. The SMILES string of the molecule is NC(=O)C1CCCN(C(=O)CCNC(=O)NC23CC4CC(CC(C4)C2)C3)C1. The van der Waals surface area contributed by atoms with Gasteiger partial charge in [-0.1, -0.05) is 0 Å². The third kappa shape index (κ3) is 4.06. The number of amides is 4. The number of carbonyl (C=O) groups is 3. The van der Waals surface area contributed by atoms with Crippen molar-refractivity contribution in [2.24, 2.45) is 29.4 Å². The maximum absolute atomic E-state index is 12.4. The van der Waals surface area contributed by atoms with Crippen LogP contribution in [-0.2, 0) is 9.59 Å². The van der Waals surface area contributed by atoms with Gasteiger partial charge in [0.15, 0.2) is 0 Å². The summed E-state index contributed by atoms with van der Waals surface area (Å²) in [5.41, 5.74) is 5.36. The number of hydrogen-bond acceptors (Lipinski definition) is 3. The van der Waals surface area contributed by atoms with E-state index in [1.165, 1.54) is 19.3 Å². The molecule has 0 aromatic rings. The molecule has 4 amide bonds. The second kappa shape index (κ2) is 7.32. The molecule has 1 aliphatic heterocycles. The molecule has 5 fully saturated rings. The summed E-state index contributed by atoms with van der Waals surface area (Å²) in [7, 11) is 0. The first-order valence-electron chi connectivity index (χ1n) is 10.6. The molecule has 5 aliphatic rings. The van der Waals surface area contributed by atoms with Gasteiger partial charge in [0.05, 0.1) is 5.92 Å². The maximum Gasteiger partial charge on any atom is 0.315 e. The van der Waals surface area contributed by atoms with Gasteiger partial charge in [-0.2, -0.15) is 0 Å². The Morgan fingerprint density at radius 1 is 1.04 bits per heavy atom. The molecule has 27 heavy (non-hydrogen) atoms. The van der Waals surface area contributed by atoms with Crippen molar-refractivity contribution in [3.05, 3.63) is 0 Å². The van der Waals surface area contributed by atoms with E-state index in [4.69, 9.17) is 5.73 Å². The number of urea groups is 1. The molecule has 1 atom stereocenters. The van der Waals surface area contributed by atoms with Gasteiger partial charge >= 0.3 is 6.03 Å². The third-order valence-electron chi connectivity index (χ3n) is 7.22. The van der Waals surface area contributed by atoms with Gasteiger partial charge in [-0.15, -0.1) is 0 Å². The second-order valence-electron chi connectivity index (χ2n) is 9.41. The molecule has 4 saturated carbocycles. The van der Waals surface area contributed by atoms with E-state index in [9.17, 15) is 14.4 Å². The monoisotopic (exact) mass is 376 g/mol. The first-order valence-corrected chi connectivity index (χ1v) is 10.6. The summed E-state index contributed by atoms with van der Waals surface area (Å²) < 4.78 is 0. The summed E-state index contributed by atoms with van der Waals surface area (Å²) in [6, 6.07) is -0.140. The van der Waals surface area contributed by atoms with E-state index in [1.807, 2.05) is 0 Å². The molecule has 1 heterocycles. The van der Waals surface area contributed by atoms with Crippen molar-refractivity contribution in [2.45, 2.75) is 63.3 Å². The summed E-state index contributed by atoms with van der Waals surface area (Å²) in [6.45, 7) is 1.41. The minimum absolute atomic E-state index is 0.00950. The fourth-order valence-electron chi connectivity index (χ4n) is 6.43. The zero-order valence-corrected chi connectivity index (χ0v) is 16.0. The molecule has 4 bridgehead atoms. The number of rotatable bonds is 5. The zero-order chi connectivity index (χ0) is 19.0.